The Bertz CT molecular complexity index is 492. The van der Waals surface area contributed by atoms with Crippen LogP contribution in [0.1, 0.15) is 35.1 Å². The summed E-state index contributed by atoms with van der Waals surface area (Å²) in [5.74, 6) is 0.252. The second-order valence-electron chi connectivity index (χ2n) is 6.20. The fourth-order valence-electron chi connectivity index (χ4n) is 3.06. The van der Waals surface area contributed by atoms with Crippen LogP contribution in [0, 0.1) is 13.8 Å². The van der Waals surface area contributed by atoms with Gasteiger partial charge in [0.15, 0.2) is 5.78 Å². The molecule has 0 radical (unpaired) electrons. The summed E-state index contributed by atoms with van der Waals surface area (Å²) in [6.07, 6.45) is 1.14. The lowest BCUT2D eigenvalue weighted by Crippen LogP contribution is -2.40. The van der Waals surface area contributed by atoms with E-state index in [0.717, 1.165) is 43.0 Å². The minimum absolute atomic E-state index is 0.252. The van der Waals surface area contributed by atoms with E-state index in [-0.39, 0.29) is 5.78 Å². The first-order chi connectivity index (χ1) is 9.40. The normalized spacial score (nSPS) is 21.9. The Hall–Kier alpha value is -1.13. The molecule has 4 nitrogen and oxygen atoms in total. The number of nitrogens with zero attached hydrogens (tertiary/aromatic N) is 3. The van der Waals surface area contributed by atoms with E-state index in [1.54, 1.807) is 0 Å². The Morgan fingerprint density at radius 3 is 2.60 bits per heavy atom. The lowest BCUT2D eigenvalue weighted by atomic mass is 10.1. The lowest BCUT2D eigenvalue weighted by molar-refractivity contribution is 0.0899. The average Bonchev–Trinajstić information content (AvgIpc) is 2.55. The third-order valence-corrected chi connectivity index (χ3v) is 4.61. The number of likely N-dealkylation sites (N-methyl/N-ethyl adjacent to an activating group) is 1. The van der Waals surface area contributed by atoms with Crippen LogP contribution in [-0.2, 0) is 7.05 Å². The largest absolute Gasteiger partial charge is 0.351 e. The van der Waals surface area contributed by atoms with Crippen molar-refractivity contribution in [3.63, 3.8) is 0 Å². The molecule has 1 aromatic heterocycles. The van der Waals surface area contributed by atoms with Crippen LogP contribution in [0.2, 0.25) is 0 Å². The third kappa shape index (κ3) is 3.13. The zero-order valence-electron chi connectivity index (χ0n) is 13.4. The Labute approximate surface area is 122 Å². The van der Waals surface area contributed by atoms with E-state index < -0.39 is 0 Å². The Kier molecular flexibility index (Phi) is 4.66. The van der Waals surface area contributed by atoms with Gasteiger partial charge >= 0.3 is 0 Å². The fraction of sp³-hybridized carbons (Fsp3) is 0.688. The highest BCUT2D eigenvalue weighted by Crippen LogP contribution is 2.16. The first-order valence-corrected chi connectivity index (χ1v) is 7.49. The molecule has 0 N–H and O–H groups in total. The Morgan fingerprint density at radius 2 is 2.00 bits per heavy atom. The quantitative estimate of drug-likeness (QED) is 0.790. The minimum atomic E-state index is 0.252. The van der Waals surface area contributed by atoms with Crippen molar-refractivity contribution >= 4 is 5.78 Å². The summed E-state index contributed by atoms with van der Waals surface area (Å²) in [5, 5.41) is 0. The number of ketones is 1. The van der Waals surface area contributed by atoms with Gasteiger partial charge in [0.25, 0.3) is 0 Å². The maximum absolute atomic E-state index is 12.6. The number of aryl methyl sites for hydroxylation is 1. The number of rotatable bonds is 3. The zero-order chi connectivity index (χ0) is 14.9. The summed E-state index contributed by atoms with van der Waals surface area (Å²) >= 11 is 0. The molecule has 1 saturated heterocycles. The monoisotopic (exact) mass is 277 g/mol. The molecule has 0 aliphatic carbocycles. The number of hydrogen-bond donors (Lipinski definition) is 0. The average molecular weight is 277 g/mol. The van der Waals surface area contributed by atoms with Crippen LogP contribution >= 0.6 is 0 Å². The molecule has 2 heterocycles. The molecule has 1 fully saturated rings. The van der Waals surface area contributed by atoms with Crippen molar-refractivity contribution in [2.75, 3.05) is 33.2 Å². The molecule has 1 aliphatic heterocycles. The van der Waals surface area contributed by atoms with Crippen LogP contribution < -0.4 is 0 Å². The summed E-state index contributed by atoms with van der Waals surface area (Å²) in [5.41, 5.74) is 3.11. The molecular formula is C16H27N3O. The van der Waals surface area contributed by atoms with Gasteiger partial charge in [-0.3, -0.25) is 9.69 Å². The zero-order valence-corrected chi connectivity index (χ0v) is 13.4. The maximum Gasteiger partial charge on any atom is 0.178 e. The van der Waals surface area contributed by atoms with Gasteiger partial charge in [-0.15, -0.1) is 0 Å². The van der Waals surface area contributed by atoms with Gasteiger partial charge in [0.2, 0.25) is 0 Å². The second kappa shape index (κ2) is 6.10. The van der Waals surface area contributed by atoms with Crippen LogP contribution in [0.25, 0.3) is 0 Å². The van der Waals surface area contributed by atoms with Crippen LogP contribution in [0.15, 0.2) is 6.07 Å². The second-order valence-corrected chi connectivity index (χ2v) is 6.20. The van der Waals surface area contributed by atoms with E-state index in [1.807, 2.05) is 27.0 Å². The van der Waals surface area contributed by atoms with Crippen LogP contribution in [0.4, 0.5) is 0 Å². The van der Waals surface area contributed by atoms with Crippen LogP contribution in [0.5, 0.6) is 0 Å². The molecule has 112 valence electrons. The molecule has 1 aromatic rings. The van der Waals surface area contributed by atoms with Crippen molar-refractivity contribution in [3.05, 3.63) is 23.0 Å². The first-order valence-electron chi connectivity index (χ1n) is 7.49. The van der Waals surface area contributed by atoms with Gasteiger partial charge in [-0.1, -0.05) is 0 Å². The van der Waals surface area contributed by atoms with Gasteiger partial charge in [-0.2, -0.15) is 0 Å². The summed E-state index contributed by atoms with van der Waals surface area (Å²) in [6.45, 7) is 10.0. The van der Waals surface area contributed by atoms with Gasteiger partial charge in [0, 0.05) is 43.1 Å². The van der Waals surface area contributed by atoms with E-state index >= 15 is 0 Å². The number of hydrogen-bond acceptors (Lipinski definition) is 3. The first kappa shape index (κ1) is 15.3. The molecule has 0 saturated carbocycles. The minimum Gasteiger partial charge on any atom is -0.351 e. The van der Waals surface area contributed by atoms with Gasteiger partial charge in [0.05, 0.1) is 6.54 Å². The van der Waals surface area contributed by atoms with E-state index in [9.17, 15) is 4.79 Å². The number of carbonyl (C=O) groups excluding carboxylic acids is 1. The molecule has 2 rings (SSSR count). The number of aromatic nitrogens is 1. The van der Waals surface area contributed by atoms with Crippen molar-refractivity contribution in [2.45, 2.75) is 33.2 Å². The number of Topliss-reactive ketones (excluding diaryl/α,β-unsaturated/α-hetero) is 1. The highest BCUT2D eigenvalue weighted by molar-refractivity contribution is 5.99. The molecule has 1 atom stereocenters. The molecule has 1 aliphatic rings. The van der Waals surface area contributed by atoms with Crippen molar-refractivity contribution in [1.82, 2.24) is 14.4 Å². The summed E-state index contributed by atoms with van der Waals surface area (Å²) in [6, 6.07) is 2.46. The molecule has 4 heteroatoms. The molecule has 0 bridgehead atoms. The molecular weight excluding hydrogens is 250 g/mol. The van der Waals surface area contributed by atoms with E-state index in [0.29, 0.717) is 12.6 Å². The van der Waals surface area contributed by atoms with Crippen molar-refractivity contribution in [2.24, 2.45) is 7.05 Å². The molecule has 0 spiro atoms. The highest BCUT2D eigenvalue weighted by Gasteiger charge is 2.23. The SMILES string of the molecule is Cc1cc(C(=O)CN2CCCN(C)CC2C)c(C)n1C. The van der Waals surface area contributed by atoms with Crippen LogP contribution in [-0.4, -0.2) is 59.4 Å². The standard InChI is InChI=1S/C16H27N3O/c1-12-9-15(14(3)18(12)5)16(20)11-19-8-6-7-17(4)10-13(19)2/h9,13H,6-8,10-11H2,1-5H3. The predicted octanol–water partition coefficient (Wildman–Crippen LogP) is 1.85. The molecule has 20 heavy (non-hydrogen) atoms. The van der Waals surface area contributed by atoms with Gasteiger partial charge in [0.1, 0.15) is 0 Å². The Balaban J connectivity index is 2.08. The number of carbonyl (C=O) groups is 1. The van der Waals surface area contributed by atoms with Crippen LogP contribution in [0.3, 0.4) is 0 Å². The van der Waals surface area contributed by atoms with E-state index in [2.05, 4.69) is 28.3 Å². The maximum atomic E-state index is 12.6. The Morgan fingerprint density at radius 1 is 1.30 bits per heavy atom. The van der Waals surface area contributed by atoms with Gasteiger partial charge < -0.3 is 9.47 Å². The predicted molar refractivity (Wildman–Crippen MR) is 82.4 cm³/mol. The topological polar surface area (TPSA) is 28.5 Å². The van der Waals surface area contributed by atoms with Crippen molar-refractivity contribution in [1.29, 1.82) is 0 Å². The van der Waals surface area contributed by atoms with E-state index in [4.69, 9.17) is 0 Å². The highest BCUT2D eigenvalue weighted by atomic mass is 16.1. The summed E-state index contributed by atoms with van der Waals surface area (Å²) in [4.78, 5) is 17.3. The van der Waals surface area contributed by atoms with Gasteiger partial charge in [-0.05, 0) is 46.9 Å². The van der Waals surface area contributed by atoms with E-state index in [1.165, 1.54) is 0 Å². The smallest absolute Gasteiger partial charge is 0.178 e. The lowest BCUT2D eigenvalue weighted by Gasteiger charge is -2.27. The van der Waals surface area contributed by atoms with Gasteiger partial charge in [-0.25, -0.2) is 0 Å². The third-order valence-electron chi connectivity index (χ3n) is 4.61. The summed E-state index contributed by atoms with van der Waals surface area (Å²) in [7, 11) is 4.18. The van der Waals surface area contributed by atoms with Crippen molar-refractivity contribution < 1.29 is 4.79 Å². The van der Waals surface area contributed by atoms with Crippen molar-refractivity contribution in [3.8, 4) is 0 Å². The summed E-state index contributed by atoms with van der Waals surface area (Å²) < 4.78 is 2.09. The molecule has 0 aromatic carbocycles. The fourth-order valence-corrected chi connectivity index (χ4v) is 3.06. The molecule has 1 unspecified atom stereocenters. The molecule has 0 amide bonds.